The smallest absolute Gasteiger partial charge is 0.0737 e. The van der Waals surface area contributed by atoms with E-state index in [0.29, 0.717) is 12.1 Å². The van der Waals surface area contributed by atoms with Gasteiger partial charge < -0.3 is 10.6 Å². The first-order valence-electron chi connectivity index (χ1n) is 9.29. The molecule has 4 rings (SSSR count). The van der Waals surface area contributed by atoms with Crippen LogP contribution >= 0.6 is 22.9 Å². The molecule has 1 saturated carbocycles. The molecule has 26 heavy (non-hydrogen) atoms. The second-order valence-electron chi connectivity index (χ2n) is 7.08. The van der Waals surface area contributed by atoms with E-state index < -0.39 is 0 Å². The van der Waals surface area contributed by atoms with Crippen molar-refractivity contribution in [1.82, 2.24) is 4.98 Å². The van der Waals surface area contributed by atoms with Crippen molar-refractivity contribution in [3.63, 3.8) is 0 Å². The van der Waals surface area contributed by atoms with Gasteiger partial charge in [0.1, 0.15) is 0 Å². The first kappa shape index (κ1) is 17.8. The van der Waals surface area contributed by atoms with Crippen LogP contribution in [0.25, 0.3) is 10.9 Å². The third-order valence-corrected chi connectivity index (χ3v) is 6.52. The number of benzene rings is 1. The molecular weight excluding hydrogens is 362 g/mol. The molecule has 136 valence electrons. The third kappa shape index (κ3) is 3.88. The Labute approximate surface area is 163 Å². The van der Waals surface area contributed by atoms with Crippen LogP contribution in [0.4, 0.5) is 5.69 Å². The minimum absolute atomic E-state index is 0.360. The highest BCUT2D eigenvalue weighted by Crippen LogP contribution is 2.33. The van der Waals surface area contributed by atoms with Gasteiger partial charge in [0, 0.05) is 45.8 Å². The second kappa shape index (κ2) is 7.95. The quantitative estimate of drug-likeness (QED) is 0.650. The van der Waals surface area contributed by atoms with Crippen LogP contribution in [0.3, 0.4) is 0 Å². The first-order chi connectivity index (χ1) is 12.7. The fourth-order valence-corrected chi connectivity index (χ4v) is 4.82. The number of nitrogens with two attached hydrogens (primary N) is 1. The fourth-order valence-electron chi connectivity index (χ4n) is 3.96. The van der Waals surface area contributed by atoms with Crippen molar-refractivity contribution in [2.24, 2.45) is 5.73 Å². The zero-order chi connectivity index (χ0) is 17.9. The summed E-state index contributed by atoms with van der Waals surface area (Å²) >= 11 is 8.01. The molecule has 0 spiro atoms. The molecule has 2 heterocycles. The van der Waals surface area contributed by atoms with Crippen LogP contribution in [0.1, 0.15) is 30.6 Å². The van der Waals surface area contributed by atoms with Crippen molar-refractivity contribution in [2.45, 2.75) is 44.2 Å². The molecule has 0 amide bonds. The maximum Gasteiger partial charge on any atom is 0.0737 e. The molecule has 1 aliphatic carbocycles. The summed E-state index contributed by atoms with van der Waals surface area (Å²) in [5.41, 5.74) is 8.38. The van der Waals surface area contributed by atoms with Crippen molar-refractivity contribution in [3.05, 3.63) is 57.9 Å². The molecule has 0 radical (unpaired) electrons. The number of pyridine rings is 1. The Kier molecular flexibility index (Phi) is 5.44. The van der Waals surface area contributed by atoms with Crippen LogP contribution in [-0.2, 0) is 6.42 Å². The van der Waals surface area contributed by atoms with Gasteiger partial charge in [-0.05, 0) is 67.8 Å². The average Bonchev–Trinajstić information content (AvgIpc) is 3.16. The topological polar surface area (TPSA) is 42.1 Å². The van der Waals surface area contributed by atoms with E-state index >= 15 is 0 Å². The Morgan fingerprint density at radius 2 is 2.00 bits per heavy atom. The summed E-state index contributed by atoms with van der Waals surface area (Å²) < 4.78 is 0. The Morgan fingerprint density at radius 3 is 2.77 bits per heavy atom. The van der Waals surface area contributed by atoms with Gasteiger partial charge in [-0.2, -0.15) is 0 Å². The van der Waals surface area contributed by atoms with E-state index in [4.69, 9.17) is 17.3 Å². The minimum atomic E-state index is 0.360. The molecule has 1 fully saturated rings. The molecule has 2 N–H and O–H groups in total. The SMILES string of the molecule is NC1CCC(N(CCc2cccs2)c2ccnc3cc(Cl)ccc23)CC1. The van der Waals surface area contributed by atoms with Crippen LogP contribution in [0.2, 0.25) is 5.02 Å². The fraction of sp³-hybridized carbons (Fsp3) is 0.381. The average molecular weight is 386 g/mol. The highest BCUT2D eigenvalue weighted by Gasteiger charge is 2.25. The van der Waals surface area contributed by atoms with E-state index in [9.17, 15) is 0 Å². The number of anilines is 1. The van der Waals surface area contributed by atoms with E-state index in [0.717, 1.165) is 49.2 Å². The van der Waals surface area contributed by atoms with Crippen LogP contribution in [0, 0.1) is 0 Å². The maximum atomic E-state index is 6.18. The molecule has 0 unspecified atom stereocenters. The van der Waals surface area contributed by atoms with Gasteiger partial charge in [-0.25, -0.2) is 0 Å². The molecule has 0 aliphatic heterocycles. The first-order valence-corrected chi connectivity index (χ1v) is 10.6. The van der Waals surface area contributed by atoms with Gasteiger partial charge in [-0.3, -0.25) is 4.98 Å². The normalized spacial score (nSPS) is 20.4. The second-order valence-corrected chi connectivity index (χ2v) is 8.55. The molecule has 3 nitrogen and oxygen atoms in total. The van der Waals surface area contributed by atoms with E-state index in [1.54, 1.807) is 0 Å². The number of rotatable bonds is 5. The lowest BCUT2D eigenvalue weighted by Crippen LogP contribution is -2.42. The van der Waals surface area contributed by atoms with Crippen molar-refractivity contribution in [2.75, 3.05) is 11.4 Å². The number of hydrogen-bond donors (Lipinski definition) is 1. The summed E-state index contributed by atoms with van der Waals surface area (Å²) in [6, 6.07) is 13.4. The number of fused-ring (bicyclic) bond motifs is 1. The van der Waals surface area contributed by atoms with Gasteiger partial charge in [0.25, 0.3) is 0 Å². The van der Waals surface area contributed by atoms with Gasteiger partial charge in [0.2, 0.25) is 0 Å². The zero-order valence-corrected chi connectivity index (χ0v) is 16.3. The summed E-state index contributed by atoms with van der Waals surface area (Å²) in [6.45, 7) is 1.02. The van der Waals surface area contributed by atoms with Gasteiger partial charge >= 0.3 is 0 Å². The molecule has 0 bridgehead atoms. The number of thiophene rings is 1. The van der Waals surface area contributed by atoms with E-state index in [1.165, 1.54) is 16.0 Å². The lowest BCUT2D eigenvalue weighted by molar-refractivity contribution is 0.376. The number of halogens is 1. The van der Waals surface area contributed by atoms with Crippen LogP contribution in [-0.4, -0.2) is 23.6 Å². The molecule has 1 aromatic carbocycles. The Balaban J connectivity index is 1.67. The predicted molar refractivity (Wildman–Crippen MR) is 112 cm³/mol. The third-order valence-electron chi connectivity index (χ3n) is 5.35. The van der Waals surface area contributed by atoms with Crippen LogP contribution < -0.4 is 10.6 Å². The lowest BCUT2D eigenvalue weighted by Gasteiger charge is -2.38. The lowest BCUT2D eigenvalue weighted by atomic mass is 9.90. The van der Waals surface area contributed by atoms with Gasteiger partial charge in [0.15, 0.2) is 0 Å². The van der Waals surface area contributed by atoms with Gasteiger partial charge in [0.05, 0.1) is 5.52 Å². The predicted octanol–water partition coefficient (Wildman–Crippen LogP) is 5.27. The summed E-state index contributed by atoms with van der Waals surface area (Å²) in [5, 5.41) is 4.07. The molecule has 0 saturated heterocycles. The van der Waals surface area contributed by atoms with Crippen LogP contribution in [0.15, 0.2) is 48.0 Å². The van der Waals surface area contributed by atoms with Gasteiger partial charge in [-0.1, -0.05) is 17.7 Å². The van der Waals surface area contributed by atoms with Gasteiger partial charge in [-0.15, -0.1) is 11.3 Å². The molecule has 5 heteroatoms. The highest BCUT2D eigenvalue weighted by molar-refractivity contribution is 7.09. The van der Waals surface area contributed by atoms with E-state index in [-0.39, 0.29) is 0 Å². The van der Waals surface area contributed by atoms with Crippen molar-refractivity contribution in [1.29, 1.82) is 0 Å². The Hall–Kier alpha value is -1.62. The maximum absolute atomic E-state index is 6.18. The number of nitrogens with zero attached hydrogens (tertiary/aromatic N) is 2. The largest absolute Gasteiger partial charge is 0.368 e. The highest BCUT2D eigenvalue weighted by atomic mass is 35.5. The number of hydrogen-bond acceptors (Lipinski definition) is 4. The van der Waals surface area contributed by atoms with Crippen molar-refractivity contribution in [3.8, 4) is 0 Å². The molecule has 3 aromatic rings. The number of aromatic nitrogens is 1. The van der Waals surface area contributed by atoms with Crippen molar-refractivity contribution < 1.29 is 0 Å². The standard InChI is InChI=1S/C21H24ClN3S/c22-15-3-8-19-20(14-15)24-11-9-21(19)25(12-10-18-2-1-13-26-18)17-6-4-16(23)5-7-17/h1-3,8-9,11,13-14,16-17H,4-7,10,12,23H2. The van der Waals surface area contributed by atoms with Crippen LogP contribution in [0.5, 0.6) is 0 Å². The summed E-state index contributed by atoms with van der Waals surface area (Å²) in [4.78, 5) is 8.54. The van der Waals surface area contributed by atoms with E-state index in [2.05, 4.69) is 39.5 Å². The van der Waals surface area contributed by atoms with Crippen molar-refractivity contribution >= 4 is 39.5 Å². The monoisotopic (exact) mass is 385 g/mol. The molecule has 0 atom stereocenters. The Bertz CT molecular complexity index is 857. The van der Waals surface area contributed by atoms with E-state index in [1.807, 2.05) is 29.7 Å². The molecule has 1 aliphatic rings. The molecule has 2 aromatic heterocycles. The molecular formula is C21H24ClN3S. The Morgan fingerprint density at radius 1 is 1.15 bits per heavy atom. The summed E-state index contributed by atoms with van der Waals surface area (Å²) in [7, 11) is 0. The summed E-state index contributed by atoms with van der Waals surface area (Å²) in [6.07, 6.45) is 7.49. The minimum Gasteiger partial charge on any atom is -0.368 e. The summed E-state index contributed by atoms with van der Waals surface area (Å²) in [5.74, 6) is 0. The zero-order valence-electron chi connectivity index (χ0n) is 14.8.